The third-order valence-corrected chi connectivity index (χ3v) is 5.72. The number of alkyl halides is 2. The van der Waals surface area contributed by atoms with Gasteiger partial charge in [0, 0.05) is 6.07 Å². The van der Waals surface area contributed by atoms with E-state index in [1.54, 1.807) is 30.3 Å². The van der Waals surface area contributed by atoms with E-state index in [1.807, 2.05) is 13.8 Å². The Hall–Kier alpha value is -3.73. The number of nitrogens with one attached hydrogen (secondary N) is 1. The smallest absolute Gasteiger partial charge is 0.387 e. The van der Waals surface area contributed by atoms with Crippen LogP contribution in [0.2, 0.25) is 0 Å². The molecule has 4 rings (SSSR count). The highest BCUT2D eigenvalue weighted by atomic mass is 32.2. The van der Waals surface area contributed by atoms with Gasteiger partial charge in [-0.1, -0.05) is 42.9 Å². The summed E-state index contributed by atoms with van der Waals surface area (Å²) in [6.07, 6.45) is 0. The van der Waals surface area contributed by atoms with Gasteiger partial charge in [-0.3, -0.25) is 19.5 Å². The molecule has 0 fully saturated rings. The Morgan fingerprint density at radius 3 is 2.59 bits per heavy atom. The van der Waals surface area contributed by atoms with Gasteiger partial charge in [0.25, 0.3) is 5.56 Å². The first kappa shape index (κ1) is 23.4. The van der Waals surface area contributed by atoms with Crippen molar-refractivity contribution in [1.29, 1.82) is 0 Å². The number of benzene rings is 2. The summed E-state index contributed by atoms with van der Waals surface area (Å²) in [5.41, 5.74) is 1.23. The van der Waals surface area contributed by atoms with Gasteiger partial charge in [0.05, 0.1) is 28.0 Å². The minimum absolute atomic E-state index is 0.0399. The van der Waals surface area contributed by atoms with Crippen LogP contribution in [0.3, 0.4) is 0 Å². The van der Waals surface area contributed by atoms with Gasteiger partial charge in [-0.05, 0) is 42.3 Å². The number of ether oxygens (including phenoxy) is 1. The molecule has 0 saturated heterocycles. The lowest BCUT2D eigenvalue weighted by atomic mass is 10.1. The second-order valence-corrected chi connectivity index (χ2v) is 8.47. The van der Waals surface area contributed by atoms with Gasteiger partial charge in [0.15, 0.2) is 5.16 Å². The molecule has 1 amide bonds. The first-order valence-corrected chi connectivity index (χ1v) is 11.3. The normalized spacial score (nSPS) is 11.4. The summed E-state index contributed by atoms with van der Waals surface area (Å²) in [5.74, 6) is -0.0898. The Kier molecular flexibility index (Phi) is 6.92. The van der Waals surface area contributed by atoms with Crippen LogP contribution in [-0.4, -0.2) is 33.0 Å². The van der Waals surface area contributed by atoms with E-state index in [0.29, 0.717) is 22.3 Å². The van der Waals surface area contributed by atoms with Gasteiger partial charge in [-0.15, -0.1) is 0 Å². The monoisotopic (exact) mass is 486 g/mol. The fourth-order valence-electron chi connectivity index (χ4n) is 3.14. The van der Waals surface area contributed by atoms with E-state index in [1.165, 1.54) is 28.8 Å². The van der Waals surface area contributed by atoms with Crippen molar-refractivity contribution >= 4 is 34.5 Å². The fraction of sp³-hybridized carbons (Fsp3) is 0.217. The molecule has 11 heteroatoms. The molecule has 0 saturated carbocycles. The SMILES string of the molecule is CC(C)c1cc(NC(=O)CSc2nc3ccccc3c(=O)n2-c2ccc(OC(F)F)cc2)on1. The number of halogens is 2. The second kappa shape index (κ2) is 10.0. The van der Waals surface area contributed by atoms with Gasteiger partial charge in [0.1, 0.15) is 5.75 Å². The summed E-state index contributed by atoms with van der Waals surface area (Å²) in [4.78, 5) is 30.3. The number of carbonyl (C=O) groups excluding carboxylic acids is 1. The number of nitrogens with zero attached hydrogens (tertiary/aromatic N) is 3. The number of hydrogen-bond acceptors (Lipinski definition) is 7. The van der Waals surface area contributed by atoms with Crippen LogP contribution in [0.25, 0.3) is 16.6 Å². The van der Waals surface area contributed by atoms with Crippen LogP contribution in [0.15, 0.2) is 69.1 Å². The standard InChI is InChI=1S/C23H20F2N4O4S/c1-13(2)18-11-20(33-28-18)27-19(30)12-34-23-26-17-6-4-3-5-16(17)21(31)29(23)14-7-9-15(10-8-14)32-22(24)25/h3-11,13,22H,12H2,1-2H3,(H,27,30). The Morgan fingerprint density at radius 2 is 1.91 bits per heavy atom. The highest BCUT2D eigenvalue weighted by molar-refractivity contribution is 7.99. The highest BCUT2D eigenvalue weighted by Crippen LogP contribution is 2.24. The molecule has 2 heterocycles. The van der Waals surface area contributed by atoms with E-state index in [-0.39, 0.29) is 39.9 Å². The molecule has 0 unspecified atom stereocenters. The average molecular weight is 487 g/mol. The summed E-state index contributed by atoms with van der Waals surface area (Å²) in [7, 11) is 0. The van der Waals surface area contributed by atoms with Crippen molar-refractivity contribution in [3.8, 4) is 11.4 Å². The summed E-state index contributed by atoms with van der Waals surface area (Å²) in [5, 5.41) is 7.18. The quantitative estimate of drug-likeness (QED) is 0.281. The summed E-state index contributed by atoms with van der Waals surface area (Å²) >= 11 is 1.05. The van der Waals surface area contributed by atoms with Crippen LogP contribution in [-0.2, 0) is 4.79 Å². The molecule has 0 aliphatic carbocycles. The Bertz CT molecular complexity index is 1370. The van der Waals surface area contributed by atoms with Gasteiger partial charge in [-0.25, -0.2) is 4.98 Å². The van der Waals surface area contributed by atoms with Crippen LogP contribution in [0.1, 0.15) is 25.5 Å². The first-order chi connectivity index (χ1) is 16.3. The predicted molar refractivity (Wildman–Crippen MR) is 124 cm³/mol. The summed E-state index contributed by atoms with van der Waals surface area (Å²) in [6.45, 7) is 0.952. The molecule has 0 aliphatic heterocycles. The zero-order chi connectivity index (χ0) is 24.2. The molecule has 0 atom stereocenters. The molecule has 0 radical (unpaired) electrons. The van der Waals surface area contributed by atoms with Crippen molar-refractivity contribution in [2.24, 2.45) is 0 Å². The van der Waals surface area contributed by atoms with Crippen molar-refractivity contribution in [2.75, 3.05) is 11.1 Å². The van der Waals surface area contributed by atoms with Crippen LogP contribution in [0, 0.1) is 0 Å². The van der Waals surface area contributed by atoms with Crippen molar-refractivity contribution in [2.45, 2.75) is 31.5 Å². The molecular weight excluding hydrogens is 466 g/mol. The minimum Gasteiger partial charge on any atom is -0.435 e. The zero-order valence-corrected chi connectivity index (χ0v) is 19.0. The molecule has 0 aliphatic rings. The molecular formula is C23H20F2N4O4S. The number of rotatable bonds is 8. The molecule has 1 N–H and O–H groups in total. The number of anilines is 1. The molecule has 4 aromatic rings. The van der Waals surface area contributed by atoms with E-state index in [9.17, 15) is 18.4 Å². The number of amides is 1. The lowest BCUT2D eigenvalue weighted by Gasteiger charge is -2.13. The largest absolute Gasteiger partial charge is 0.435 e. The van der Waals surface area contributed by atoms with E-state index in [2.05, 4.69) is 20.2 Å². The van der Waals surface area contributed by atoms with Crippen molar-refractivity contribution in [1.82, 2.24) is 14.7 Å². The maximum atomic E-state index is 13.2. The first-order valence-electron chi connectivity index (χ1n) is 10.3. The van der Waals surface area contributed by atoms with Crippen LogP contribution >= 0.6 is 11.8 Å². The lowest BCUT2D eigenvalue weighted by molar-refractivity contribution is -0.113. The van der Waals surface area contributed by atoms with Crippen LogP contribution in [0.5, 0.6) is 5.75 Å². The molecule has 0 spiro atoms. The highest BCUT2D eigenvalue weighted by Gasteiger charge is 2.16. The topological polar surface area (TPSA) is 99.2 Å². The maximum Gasteiger partial charge on any atom is 0.387 e. The van der Waals surface area contributed by atoms with Gasteiger partial charge in [0.2, 0.25) is 11.8 Å². The molecule has 176 valence electrons. The predicted octanol–water partition coefficient (Wildman–Crippen LogP) is 4.83. The molecule has 34 heavy (non-hydrogen) atoms. The van der Waals surface area contributed by atoms with E-state index in [4.69, 9.17) is 4.52 Å². The van der Waals surface area contributed by atoms with Gasteiger partial charge < -0.3 is 9.26 Å². The number of hydrogen-bond donors (Lipinski definition) is 1. The third kappa shape index (κ3) is 5.25. The molecule has 8 nitrogen and oxygen atoms in total. The number of aromatic nitrogens is 3. The average Bonchev–Trinajstić information content (AvgIpc) is 3.27. The van der Waals surface area contributed by atoms with E-state index < -0.39 is 6.61 Å². The molecule has 0 bridgehead atoms. The van der Waals surface area contributed by atoms with E-state index in [0.717, 1.165) is 11.8 Å². The number of thioether (sulfide) groups is 1. The van der Waals surface area contributed by atoms with E-state index >= 15 is 0 Å². The molecule has 2 aromatic heterocycles. The van der Waals surface area contributed by atoms with Crippen LogP contribution < -0.4 is 15.6 Å². The zero-order valence-electron chi connectivity index (χ0n) is 18.2. The molecule has 2 aromatic carbocycles. The minimum atomic E-state index is -2.96. The Balaban J connectivity index is 1.62. The van der Waals surface area contributed by atoms with Crippen molar-refractivity contribution in [3.05, 3.63) is 70.6 Å². The van der Waals surface area contributed by atoms with Crippen molar-refractivity contribution in [3.63, 3.8) is 0 Å². The number of fused-ring (bicyclic) bond motifs is 1. The maximum absolute atomic E-state index is 13.2. The second-order valence-electron chi connectivity index (χ2n) is 7.53. The van der Waals surface area contributed by atoms with Gasteiger partial charge >= 0.3 is 6.61 Å². The van der Waals surface area contributed by atoms with Crippen LogP contribution in [0.4, 0.5) is 14.7 Å². The Morgan fingerprint density at radius 1 is 1.18 bits per heavy atom. The number of carbonyl (C=O) groups is 1. The lowest BCUT2D eigenvalue weighted by Crippen LogP contribution is -2.23. The number of para-hydroxylation sites is 1. The Labute approximate surface area is 196 Å². The fourth-order valence-corrected chi connectivity index (χ4v) is 3.95. The third-order valence-electron chi connectivity index (χ3n) is 4.78. The summed E-state index contributed by atoms with van der Waals surface area (Å²) in [6, 6.07) is 14.1. The van der Waals surface area contributed by atoms with Gasteiger partial charge in [-0.2, -0.15) is 8.78 Å². The summed E-state index contributed by atoms with van der Waals surface area (Å²) < 4.78 is 35.8. The van der Waals surface area contributed by atoms with Crippen molar-refractivity contribution < 1.29 is 22.8 Å².